The maximum atomic E-state index is 12.9. The largest absolute Gasteiger partial charge is 0.399 e. The summed E-state index contributed by atoms with van der Waals surface area (Å²) >= 11 is 0. The third-order valence-corrected chi connectivity index (χ3v) is 5.30. The number of carbonyl (C=O) groups excluding carboxylic acids is 1. The summed E-state index contributed by atoms with van der Waals surface area (Å²) in [7, 11) is -4.18. The minimum atomic E-state index is -4.18. The molecule has 0 saturated carbocycles. The molecule has 0 unspecified atom stereocenters. The van der Waals surface area contributed by atoms with Gasteiger partial charge >= 0.3 is 5.24 Å². The van der Waals surface area contributed by atoms with E-state index in [1.54, 1.807) is 30.5 Å². The predicted octanol–water partition coefficient (Wildman–Crippen LogP) is 1.58. The monoisotopic (exact) mass is 292 g/mol. The van der Waals surface area contributed by atoms with Gasteiger partial charge in [-0.05, 0) is 36.4 Å². The Morgan fingerprint density at radius 2 is 1.90 bits per heavy atom. The molecule has 7 heteroatoms. The fraction of sp³-hybridized carbons (Fsp3) is 0.0769. The van der Waals surface area contributed by atoms with E-state index in [1.165, 1.54) is 24.6 Å². The summed E-state index contributed by atoms with van der Waals surface area (Å²) in [6.07, 6.45) is 4.25. The molecule has 0 radical (unpaired) electrons. The molecule has 0 spiro atoms. The molecule has 1 amide bonds. The topological polar surface area (TPSA) is 111 Å². The van der Waals surface area contributed by atoms with E-state index in [1.807, 2.05) is 0 Å². The van der Waals surface area contributed by atoms with Crippen LogP contribution in [0.5, 0.6) is 0 Å². The molecular weight excluding hydrogens is 276 g/mol. The van der Waals surface area contributed by atoms with Gasteiger partial charge < -0.3 is 11.1 Å². The van der Waals surface area contributed by atoms with Crippen LogP contribution in [0.4, 0.5) is 16.2 Å². The summed E-state index contributed by atoms with van der Waals surface area (Å²) in [5.74, 6) is 0. The van der Waals surface area contributed by atoms with Gasteiger partial charge in [-0.1, -0.05) is 0 Å². The van der Waals surface area contributed by atoms with Gasteiger partial charge in [-0.25, -0.2) is 0 Å². The lowest BCUT2D eigenvalue weighted by Crippen LogP contribution is -2.51. The van der Waals surface area contributed by atoms with Crippen molar-refractivity contribution in [1.29, 1.82) is 0 Å². The molecule has 0 aliphatic rings. The molecule has 20 heavy (non-hydrogen) atoms. The van der Waals surface area contributed by atoms with E-state index in [-0.39, 0.29) is 4.90 Å². The van der Waals surface area contributed by atoms with Gasteiger partial charge in [0.15, 0.2) is 0 Å². The molecule has 0 aliphatic carbocycles. The molecule has 106 valence electrons. The molecule has 5 N–H and O–H groups in total. The van der Waals surface area contributed by atoms with Gasteiger partial charge in [0.25, 0.3) is 0 Å². The quantitative estimate of drug-likeness (QED) is 0.729. The highest BCUT2D eigenvalue weighted by Gasteiger charge is 2.37. The van der Waals surface area contributed by atoms with E-state index < -0.39 is 14.5 Å². The molecule has 2 aromatic rings. The summed E-state index contributed by atoms with van der Waals surface area (Å²) < 4.78 is 12.9. The first-order valence-corrected chi connectivity index (χ1v) is 8.23. The van der Waals surface area contributed by atoms with Crippen LogP contribution in [-0.4, -0.2) is 20.7 Å². The van der Waals surface area contributed by atoms with Gasteiger partial charge in [0.1, 0.15) is 0 Å². The molecule has 0 saturated heterocycles. The lowest BCUT2D eigenvalue weighted by Gasteiger charge is -2.32. The summed E-state index contributed by atoms with van der Waals surface area (Å²) in [5.41, 5.74) is 6.51. The summed E-state index contributed by atoms with van der Waals surface area (Å²) in [6.45, 7) is 0. The van der Waals surface area contributed by atoms with Gasteiger partial charge in [0.2, 0.25) is 0 Å². The van der Waals surface area contributed by atoms with E-state index in [4.69, 9.17) is 10.9 Å². The smallest absolute Gasteiger partial charge is 0.308 e. The van der Waals surface area contributed by atoms with Gasteiger partial charge in [0.05, 0.1) is 11.9 Å². The molecule has 2 rings (SSSR count). The fourth-order valence-corrected chi connectivity index (χ4v) is 2.99. The minimum absolute atomic E-state index is 0.234. The van der Waals surface area contributed by atoms with Gasteiger partial charge in [0, 0.05) is 32.3 Å². The predicted molar refractivity (Wildman–Crippen MR) is 80.6 cm³/mol. The van der Waals surface area contributed by atoms with E-state index in [9.17, 15) is 9.00 Å². The van der Waals surface area contributed by atoms with Crippen LogP contribution < -0.4 is 16.2 Å². The molecular formula is C13H16N4O2S. The Bertz CT molecular complexity index is 692. The number of nitrogens with zero attached hydrogens (tertiary/aromatic N) is 1. The highest BCUT2D eigenvalue weighted by Crippen LogP contribution is 2.29. The van der Waals surface area contributed by atoms with Crippen LogP contribution in [0.2, 0.25) is 0 Å². The molecule has 1 heterocycles. The first-order valence-electron chi connectivity index (χ1n) is 5.79. The van der Waals surface area contributed by atoms with Crippen molar-refractivity contribution in [3.8, 4) is 0 Å². The first kappa shape index (κ1) is 14.2. The number of amides is 1. The third-order valence-electron chi connectivity index (χ3n) is 2.83. The highest BCUT2D eigenvalue weighted by atomic mass is 32.3. The second-order valence-electron chi connectivity index (χ2n) is 4.63. The van der Waals surface area contributed by atoms with Crippen LogP contribution in [0.3, 0.4) is 0 Å². The van der Waals surface area contributed by atoms with Gasteiger partial charge in [-0.15, -0.1) is 0 Å². The van der Waals surface area contributed by atoms with E-state index in [0.717, 1.165) is 0 Å². The van der Waals surface area contributed by atoms with Crippen molar-refractivity contribution in [3.63, 3.8) is 0 Å². The van der Waals surface area contributed by atoms with Crippen molar-refractivity contribution in [3.05, 3.63) is 48.8 Å². The summed E-state index contributed by atoms with van der Waals surface area (Å²) in [5, 5.41) is 7.65. The average Bonchev–Trinajstić information content (AvgIpc) is 2.40. The van der Waals surface area contributed by atoms with Crippen LogP contribution in [-0.2, 0) is 9.25 Å². The maximum Gasteiger partial charge on any atom is 0.308 e. The number of anilines is 2. The molecule has 0 fully saturated rings. The first-order chi connectivity index (χ1) is 9.28. The van der Waals surface area contributed by atoms with E-state index >= 15 is 0 Å². The Morgan fingerprint density at radius 1 is 1.25 bits per heavy atom. The number of nitrogens with one attached hydrogen (secondary N) is 1. The molecule has 0 atom stereocenters. The van der Waals surface area contributed by atoms with Crippen molar-refractivity contribution in [1.82, 2.24) is 4.98 Å². The van der Waals surface area contributed by atoms with Crippen LogP contribution in [0, 0.1) is 0 Å². The number of carbonyl (C=O) groups is 1. The van der Waals surface area contributed by atoms with Crippen LogP contribution in [0.1, 0.15) is 0 Å². The van der Waals surface area contributed by atoms with Crippen molar-refractivity contribution in [2.45, 2.75) is 4.90 Å². The number of benzene rings is 1. The number of aromatic nitrogens is 1. The van der Waals surface area contributed by atoms with Crippen molar-refractivity contribution in [2.75, 3.05) is 17.3 Å². The van der Waals surface area contributed by atoms with Gasteiger partial charge in [-0.3, -0.25) is 19.1 Å². The zero-order valence-corrected chi connectivity index (χ0v) is 11.8. The Balaban J connectivity index is 2.35. The molecule has 0 bridgehead atoms. The van der Waals surface area contributed by atoms with Crippen molar-refractivity contribution >= 4 is 25.9 Å². The Hall–Kier alpha value is -2.25. The zero-order valence-electron chi connectivity index (χ0n) is 10.9. The van der Waals surface area contributed by atoms with E-state index in [0.29, 0.717) is 11.4 Å². The molecule has 0 aliphatic heterocycles. The van der Waals surface area contributed by atoms with Crippen LogP contribution in [0.25, 0.3) is 0 Å². The number of pyridine rings is 1. The number of hydrogen-bond donors (Lipinski definition) is 3. The van der Waals surface area contributed by atoms with Gasteiger partial charge in [-0.2, -0.15) is 0 Å². The SMILES string of the molecule is CS(N)(=O)(C(=O)Nc1cccnc1)c1ccc(N)cc1. The van der Waals surface area contributed by atoms with E-state index in [2.05, 4.69) is 10.3 Å². The lowest BCUT2D eigenvalue weighted by atomic mass is 10.3. The second-order valence-corrected chi connectivity index (χ2v) is 8.30. The highest BCUT2D eigenvalue weighted by molar-refractivity contribution is 8.30. The molecule has 6 nitrogen and oxygen atoms in total. The molecule has 1 aromatic heterocycles. The average molecular weight is 292 g/mol. The zero-order chi connectivity index (χ0) is 14.8. The Kier molecular flexibility index (Phi) is 3.33. The second kappa shape index (κ2) is 4.69. The number of rotatable bonds is 2. The summed E-state index contributed by atoms with van der Waals surface area (Å²) in [4.78, 5) is 16.4. The Labute approximate surface area is 116 Å². The van der Waals surface area contributed by atoms with Crippen molar-refractivity contribution < 1.29 is 9.00 Å². The third kappa shape index (κ3) is 2.68. The van der Waals surface area contributed by atoms with Crippen molar-refractivity contribution in [2.24, 2.45) is 5.14 Å². The van der Waals surface area contributed by atoms with Crippen LogP contribution in [0.15, 0.2) is 53.7 Å². The minimum Gasteiger partial charge on any atom is -0.399 e. The lowest BCUT2D eigenvalue weighted by molar-refractivity contribution is 0.268. The number of hydrogen-bond acceptors (Lipinski definition) is 4. The molecule has 1 aromatic carbocycles. The number of nitrogen functional groups attached to an aromatic ring is 1. The maximum absolute atomic E-state index is 12.9. The Morgan fingerprint density at radius 3 is 2.45 bits per heavy atom. The number of nitrogens with two attached hydrogens (primary N) is 2. The van der Waals surface area contributed by atoms with Crippen LogP contribution >= 0.6 is 0 Å². The summed E-state index contributed by atoms with van der Waals surface area (Å²) in [6, 6.07) is 9.38. The normalized spacial score (nSPS) is 13.2. The standard InChI is InChI=1S/C13H16N4O2S/c1-20(15,19,12-6-4-10(14)5-7-12)13(18)17-11-3-2-8-16-9-11/h2-9H,14H2,1H3,(H2,15,19)(H,17,18). The fourth-order valence-electron chi connectivity index (χ4n) is 1.59.